The summed E-state index contributed by atoms with van der Waals surface area (Å²) in [6.07, 6.45) is 3.22. The topological polar surface area (TPSA) is 81.5 Å². The Balaban J connectivity index is 1.95. The fourth-order valence-corrected chi connectivity index (χ4v) is 5.55. The summed E-state index contributed by atoms with van der Waals surface area (Å²) in [5, 5.41) is -0.0428. The summed E-state index contributed by atoms with van der Waals surface area (Å²) < 4.78 is 47.3. The first kappa shape index (κ1) is 25.4. The first-order valence-corrected chi connectivity index (χ1v) is 13.1. The number of sulfone groups is 1. The van der Waals surface area contributed by atoms with Crippen LogP contribution >= 0.6 is 0 Å². The summed E-state index contributed by atoms with van der Waals surface area (Å²) in [5.41, 5.74) is 1.15. The number of hydrogen-bond acceptors (Lipinski definition) is 5. The van der Waals surface area contributed by atoms with Crippen LogP contribution in [0.15, 0.2) is 35.6 Å². The van der Waals surface area contributed by atoms with Gasteiger partial charge in [-0.2, -0.15) is 0 Å². The molecule has 1 amide bonds. The van der Waals surface area contributed by atoms with Crippen molar-refractivity contribution in [3.8, 4) is 0 Å². The molecule has 0 N–H and O–H groups in total. The molecule has 3 rings (SSSR count). The van der Waals surface area contributed by atoms with Crippen molar-refractivity contribution in [3.05, 3.63) is 47.5 Å². The Hall–Kier alpha value is -2.26. The van der Waals surface area contributed by atoms with E-state index in [0.29, 0.717) is 31.0 Å². The lowest BCUT2D eigenvalue weighted by Gasteiger charge is -2.27. The van der Waals surface area contributed by atoms with E-state index in [0.717, 1.165) is 12.8 Å². The van der Waals surface area contributed by atoms with E-state index in [1.54, 1.807) is 15.7 Å². The number of imidazole rings is 1. The molecule has 0 radical (unpaired) electrons. The summed E-state index contributed by atoms with van der Waals surface area (Å²) in [7, 11) is -3.80. The average molecular weight is 480 g/mol. The van der Waals surface area contributed by atoms with Gasteiger partial charge >= 0.3 is 0 Å². The highest BCUT2D eigenvalue weighted by atomic mass is 32.2. The third-order valence-corrected chi connectivity index (χ3v) is 7.20. The van der Waals surface area contributed by atoms with E-state index in [4.69, 9.17) is 4.74 Å². The molecule has 1 aliphatic rings. The van der Waals surface area contributed by atoms with E-state index in [1.807, 2.05) is 27.7 Å². The maximum absolute atomic E-state index is 13.3. The molecule has 0 spiro atoms. The molecule has 1 aliphatic heterocycles. The highest BCUT2D eigenvalue weighted by Gasteiger charge is 2.29. The van der Waals surface area contributed by atoms with Crippen molar-refractivity contribution >= 4 is 15.7 Å². The Morgan fingerprint density at radius 3 is 2.52 bits per heavy atom. The van der Waals surface area contributed by atoms with Crippen LogP contribution in [0.25, 0.3) is 0 Å². The van der Waals surface area contributed by atoms with Crippen molar-refractivity contribution in [1.29, 1.82) is 0 Å². The highest BCUT2D eigenvalue weighted by Crippen LogP contribution is 2.23. The lowest BCUT2D eigenvalue weighted by atomic mass is 10.1. The predicted octanol–water partition coefficient (Wildman–Crippen LogP) is 3.82. The minimum absolute atomic E-state index is 0.0179. The number of rotatable bonds is 10. The second-order valence-corrected chi connectivity index (χ2v) is 11.3. The molecule has 9 heteroatoms. The first-order valence-electron chi connectivity index (χ1n) is 11.5. The summed E-state index contributed by atoms with van der Waals surface area (Å²) in [6, 6.07) is 5.42. The summed E-state index contributed by atoms with van der Waals surface area (Å²) in [5.74, 6) is -0.581. The Bertz CT molecular complexity index is 1040. The quantitative estimate of drug-likeness (QED) is 0.518. The zero-order chi connectivity index (χ0) is 24.2. The van der Waals surface area contributed by atoms with E-state index in [2.05, 4.69) is 4.98 Å². The standard InChI is InChI=1S/C24H34FN3O4S/c1-17(2)13-27(23(29)18(3)4)14-21-12-26-24(28(21)15-22-6-5-11-32-22)33(30,31)16-19-7-9-20(25)10-8-19/h7-10,12,17-18,22H,5-6,11,13-16H2,1-4H3. The van der Waals surface area contributed by atoms with Crippen LogP contribution in [-0.2, 0) is 38.2 Å². The van der Waals surface area contributed by atoms with Gasteiger partial charge in [0, 0.05) is 19.1 Å². The van der Waals surface area contributed by atoms with E-state index < -0.39 is 15.7 Å². The van der Waals surface area contributed by atoms with Crippen LogP contribution in [0, 0.1) is 17.7 Å². The number of carbonyl (C=O) groups excluding carboxylic acids is 1. The molecule has 182 valence electrons. The van der Waals surface area contributed by atoms with Gasteiger partial charge in [-0.1, -0.05) is 39.8 Å². The van der Waals surface area contributed by atoms with Gasteiger partial charge in [-0.15, -0.1) is 0 Å². The average Bonchev–Trinajstić information content (AvgIpc) is 3.39. The molecule has 2 heterocycles. The summed E-state index contributed by atoms with van der Waals surface area (Å²) in [6.45, 7) is 9.67. The number of ether oxygens (including phenoxy) is 1. The Kier molecular flexibility index (Phi) is 8.28. The molecule has 0 saturated carbocycles. The van der Waals surface area contributed by atoms with Crippen LogP contribution in [0.2, 0.25) is 0 Å². The first-order chi connectivity index (χ1) is 15.6. The number of carbonyl (C=O) groups is 1. The van der Waals surface area contributed by atoms with Gasteiger partial charge in [0.15, 0.2) is 0 Å². The molecule has 7 nitrogen and oxygen atoms in total. The largest absolute Gasteiger partial charge is 0.376 e. The van der Waals surface area contributed by atoms with Gasteiger partial charge in [0.25, 0.3) is 0 Å². The van der Waals surface area contributed by atoms with Gasteiger partial charge in [-0.05, 0) is 36.5 Å². The predicted molar refractivity (Wildman–Crippen MR) is 124 cm³/mol. The van der Waals surface area contributed by atoms with Gasteiger partial charge in [-0.25, -0.2) is 17.8 Å². The number of aromatic nitrogens is 2. The van der Waals surface area contributed by atoms with E-state index in [9.17, 15) is 17.6 Å². The van der Waals surface area contributed by atoms with Crippen molar-refractivity contribution in [3.63, 3.8) is 0 Å². The normalized spacial score (nSPS) is 16.6. The molecular weight excluding hydrogens is 445 g/mol. The molecule has 1 fully saturated rings. The van der Waals surface area contributed by atoms with Crippen LogP contribution in [0.5, 0.6) is 0 Å². The van der Waals surface area contributed by atoms with Crippen LogP contribution < -0.4 is 0 Å². The van der Waals surface area contributed by atoms with E-state index in [1.165, 1.54) is 24.3 Å². The fraction of sp³-hybridized carbons (Fsp3) is 0.583. The maximum atomic E-state index is 13.3. The zero-order valence-corrected chi connectivity index (χ0v) is 20.6. The number of benzene rings is 1. The minimum Gasteiger partial charge on any atom is -0.376 e. The molecule has 0 aliphatic carbocycles. The van der Waals surface area contributed by atoms with Gasteiger partial charge < -0.3 is 14.2 Å². The number of hydrogen-bond donors (Lipinski definition) is 0. The van der Waals surface area contributed by atoms with Gasteiger partial charge in [0.1, 0.15) is 5.82 Å². The van der Waals surface area contributed by atoms with Crippen LogP contribution in [0.3, 0.4) is 0 Å². The molecular formula is C24H34FN3O4S. The van der Waals surface area contributed by atoms with Gasteiger partial charge in [0.05, 0.1) is 36.8 Å². The molecule has 1 saturated heterocycles. The second-order valence-electron chi connectivity index (χ2n) is 9.43. The fourth-order valence-electron chi connectivity index (χ4n) is 4.05. The molecule has 2 aromatic rings. The second kappa shape index (κ2) is 10.8. The van der Waals surface area contributed by atoms with E-state index in [-0.39, 0.29) is 41.3 Å². The van der Waals surface area contributed by atoms with Crippen molar-refractivity contribution in [2.24, 2.45) is 11.8 Å². The van der Waals surface area contributed by atoms with Crippen LogP contribution in [0.1, 0.15) is 51.8 Å². The number of amides is 1. The monoisotopic (exact) mass is 479 g/mol. The SMILES string of the molecule is CC(C)CN(Cc1cnc(S(=O)(=O)Cc2ccc(F)cc2)n1CC1CCCO1)C(=O)C(C)C. The molecule has 1 atom stereocenters. The Labute approximate surface area is 195 Å². The third-order valence-electron chi connectivity index (χ3n) is 5.60. The summed E-state index contributed by atoms with van der Waals surface area (Å²) in [4.78, 5) is 18.9. The highest BCUT2D eigenvalue weighted by molar-refractivity contribution is 7.90. The van der Waals surface area contributed by atoms with E-state index >= 15 is 0 Å². The minimum atomic E-state index is -3.80. The van der Waals surface area contributed by atoms with Crippen LogP contribution in [0.4, 0.5) is 4.39 Å². The number of halogens is 1. The third kappa shape index (κ3) is 6.63. The molecule has 1 unspecified atom stereocenters. The van der Waals surface area contributed by atoms with Crippen molar-refractivity contribution in [1.82, 2.24) is 14.5 Å². The smallest absolute Gasteiger partial charge is 0.228 e. The molecule has 1 aromatic carbocycles. The van der Waals surface area contributed by atoms with Crippen LogP contribution in [-0.4, -0.2) is 48.0 Å². The Morgan fingerprint density at radius 1 is 1.24 bits per heavy atom. The molecule has 33 heavy (non-hydrogen) atoms. The Morgan fingerprint density at radius 2 is 1.94 bits per heavy atom. The summed E-state index contributed by atoms with van der Waals surface area (Å²) >= 11 is 0. The molecule has 1 aromatic heterocycles. The lowest BCUT2D eigenvalue weighted by Crippen LogP contribution is -2.37. The van der Waals surface area contributed by atoms with Gasteiger partial charge in [0.2, 0.25) is 20.9 Å². The van der Waals surface area contributed by atoms with Gasteiger partial charge in [-0.3, -0.25) is 4.79 Å². The lowest BCUT2D eigenvalue weighted by molar-refractivity contribution is -0.135. The van der Waals surface area contributed by atoms with Crippen molar-refractivity contribution in [2.75, 3.05) is 13.2 Å². The zero-order valence-electron chi connectivity index (χ0n) is 19.8. The van der Waals surface area contributed by atoms with Crippen molar-refractivity contribution < 1.29 is 22.3 Å². The molecule has 0 bridgehead atoms. The van der Waals surface area contributed by atoms with Crippen molar-refractivity contribution in [2.45, 2.75) is 70.6 Å². The number of nitrogens with zero attached hydrogens (tertiary/aromatic N) is 3. The maximum Gasteiger partial charge on any atom is 0.228 e.